The Morgan fingerprint density at radius 1 is 1.29 bits per heavy atom. The van der Waals surface area contributed by atoms with E-state index in [1.54, 1.807) is 0 Å². The summed E-state index contributed by atoms with van der Waals surface area (Å²) < 4.78 is 0. The van der Waals surface area contributed by atoms with Crippen molar-refractivity contribution < 1.29 is 9.90 Å². The van der Waals surface area contributed by atoms with E-state index in [4.69, 9.17) is 0 Å². The second kappa shape index (κ2) is 8.59. The van der Waals surface area contributed by atoms with Gasteiger partial charge in [-0.05, 0) is 44.7 Å². The molecule has 3 atom stereocenters. The summed E-state index contributed by atoms with van der Waals surface area (Å²) in [5.41, 5.74) is 0. The lowest BCUT2D eigenvalue weighted by Gasteiger charge is -2.31. The predicted octanol–water partition coefficient (Wildman–Crippen LogP) is 1.57. The lowest BCUT2D eigenvalue weighted by atomic mass is 9.85. The monoisotopic (exact) mass is 297 g/mol. The quantitative estimate of drug-likeness (QED) is 0.697. The van der Waals surface area contributed by atoms with Gasteiger partial charge < -0.3 is 20.6 Å². The highest BCUT2D eigenvalue weighted by Gasteiger charge is 2.26. The Labute approximate surface area is 128 Å². The molecule has 0 aromatic heterocycles. The van der Waals surface area contributed by atoms with E-state index in [2.05, 4.69) is 22.5 Å². The normalized spacial score (nSPS) is 30.3. The van der Waals surface area contributed by atoms with E-state index in [-0.39, 0.29) is 24.6 Å². The van der Waals surface area contributed by atoms with Crippen molar-refractivity contribution in [3.63, 3.8) is 0 Å². The second-order valence-corrected chi connectivity index (χ2v) is 6.64. The van der Waals surface area contributed by atoms with Crippen molar-refractivity contribution in [2.75, 3.05) is 32.8 Å². The van der Waals surface area contributed by atoms with Gasteiger partial charge >= 0.3 is 6.03 Å². The number of hydrogen-bond acceptors (Lipinski definition) is 3. The highest BCUT2D eigenvalue weighted by atomic mass is 16.3. The largest absolute Gasteiger partial charge is 0.396 e. The van der Waals surface area contributed by atoms with Gasteiger partial charge in [0.05, 0.1) is 0 Å². The smallest absolute Gasteiger partial charge is 0.315 e. The van der Waals surface area contributed by atoms with E-state index in [0.29, 0.717) is 5.92 Å². The molecule has 0 spiro atoms. The molecule has 0 aromatic rings. The van der Waals surface area contributed by atoms with Crippen LogP contribution in [0.2, 0.25) is 0 Å². The molecule has 0 radical (unpaired) electrons. The van der Waals surface area contributed by atoms with Crippen LogP contribution in [0.5, 0.6) is 0 Å². The number of likely N-dealkylation sites (tertiary alicyclic amines) is 1. The minimum atomic E-state index is -0.0608. The Kier molecular flexibility index (Phi) is 6.77. The molecule has 2 aliphatic rings. The minimum Gasteiger partial charge on any atom is -0.396 e. The number of carbonyl (C=O) groups is 1. The number of carbonyl (C=O) groups excluding carboxylic acids is 1. The molecular formula is C16H31N3O2. The number of aliphatic hydroxyl groups is 1. The fourth-order valence-corrected chi connectivity index (χ4v) is 3.67. The van der Waals surface area contributed by atoms with E-state index in [1.807, 2.05) is 0 Å². The van der Waals surface area contributed by atoms with Crippen LogP contribution < -0.4 is 10.6 Å². The van der Waals surface area contributed by atoms with E-state index in [9.17, 15) is 9.90 Å². The van der Waals surface area contributed by atoms with Gasteiger partial charge in [-0.1, -0.05) is 19.8 Å². The van der Waals surface area contributed by atoms with Crippen molar-refractivity contribution in [3.8, 4) is 0 Å². The predicted molar refractivity (Wildman–Crippen MR) is 84.2 cm³/mol. The van der Waals surface area contributed by atoms with Gasteiger partial charge in [-0.3, -0.25) is 0 Å². The van der Waals surface area contributed by atoms with Crippen LogP contribution in [0, 0.1) is 11.8 Å². The Morgan fingerprint density at radius 2 is 2.10 bits per heavy atom. The van der Waals surface area contributed by atoms with Gasteiger partial charge in [0.1, 0.15) is 0 Å². The van der Waals surface area contributed by atoms with Crippen molar-refractivity contribution in [2.24, 2.45) is 11.8 Å². The Hall–Kier alpha value is -0.810. The first kappa shape index (κ1) is 16.6. The van der Waals surface area contributed by atoms with Crippen molar-refractivity contribution in [1.29, 1.82) is 0 Å². The number of nitrogens with zero attached hydrogens (tertiary/aromatic N) is 1. The third-order valence-corrected chi connectivity index (χ3v) is 4.92. The SMILES string of the molecule is CCCN1CCC(CNC(=O)NC2CCCCC2CO)C1. The molecule has 1 saturated carbocycles. The van der Waals surface area contributed by atoms with Gasteiger partial charge in [0, 0.05) is 31.7 Å². The molecule has 3 N–H and O–H groups in total. The summed E-state index contributed by atoms with van der Waals surface area (Å²) in [6, 6.07) is 0.0817. The average Bonchev–Trinajstić information content (AvgIpc) is 2.94. The zero-order chi connectivity index (χ0) is 15.1. The van der Waals surface area contributed by atoms with Gasteiger partial charge in [-0.25, -0.2) is 4.79 Å². The maximum Gasteiger partial charge on any atom is 0.315 e. The van der Waals surface area contributed by atoms with E-state index >= 15 is 0 Å². The van der Waals surface area contributed by atoms with E-state index in [0.717, 1.165) is 38.9 Å². The van der Waals surface area contributed by atoms with Crippen molar-refractivity contribution in [1.82, 2.24) is 15.5 Å². The molecule has 5 nitrogen and oxygen atoms in total. The lowest BCUT2D eigenvalue weighted by Crippen LogP contribution is -2.48. The molecule has 2 rings (SSSR count). The minimum absolute atomic E-state index is 0.0608. The topological polar surface area (TPSA) is 64.6 Å². The van der Waals surface area contributed by atoms with Gasteiger partial charge in [0.2, 0.25) is 0 Å². The first-order valence-electron chi connectivity index (χ1n) is 8.60. The standard InChI is InChI=1S/C16H31N3O2/c1-2-8-19-9-7-13(11-19)10-17-16(21)18-15-6-4-3-5-14(15)12-20/h13-15,20H,2-12H2,1H3,(H2,17,18,21). The molecule has 0 bridgehead atoms. The maximum atomic E-state index is 12.0. The van der Waals surface area contributed by atoms with Crippen molar-refractivity contribution >= 4 is 6.03 Å². The van der Waals surface area contributed by atoms with Gasteiger partial charge in [-0.2, -0.15) is 0 Å². The number of amides is 2. The average molecular weight is 297 g/mol. The molecule has 5 heteroatoms. The summed E-state index contributed by atoms with van der Waals surface area (Å²) >= 11 is 0. The zero-order valence-electron chi connectivity index (χ0n) is 13.3. The summed E-state index contributed by atoms with van der Waals surface area (Å²) in [7, 11) is 0. The Bertz CT molecular complexity index is 325. The van der Waals surface area contributed by atoms with Crippen molar-refractivity contribution in [3.05, 3.63) is 0 Å². The number of aliphatic hydroxyl groups excluding tert-OH is 1. The fraction of sp³-hybridized carbons (Fsp3) is 0.938. The van der Waals surface area contributed by atoms with Crippen LogP contribution in [0.25, 0.3) is 0 Å². The number of hydrogen-bond donors (Lipinski definition) is 3. The van der Waals surface area contributed by atoms with Gasteiger partial charge in [0.15, 0.2) is 0 Å². The van der Waals surface area contributed by atoms with Gasteiger partial charge in [0.25, 0.3) is 0 Å². The summed E-state index contributed by atoms with van der Waals surface area (Å²) in [6.07, 6.45) is 6.71. The second-order valence-electron chi connectivity index (χ2n) is 6.64. The molecule has 122 valence electrons. The van der Waals surface area contributed by atoms with Crippen LogP contribution in [0.3, 0.4) is 0 Å². The molecule has 2 fully saturated rings. The Balaban J connectivity index is 1.65. The molecule has 2 amide bonds. The number of rotatable bonds is 6. The summed E-state index contributed by atoms with van der Waals surface area (Å²) in [4.78, 5) is 14.5. The van der Waals surface area contributed by atoms with E-state index < -0.39 is 0 Å². The highest BCUT2D eigenvalue weighted by molar-refractivity contribution is 5.74. The van der Waals surface area contributed by atoms with Crippen LogP contribution in [0.4, 0.5) is 4.79 Å². The molecule has 1 saturated heterocycles. The molecule has 0 aromatic carbocycles. The lowest BCUT2D eigenvalue weighted by molar-refractivity contribution is 0.153. The third-order valence-electron chi connectivity index (χ3n) is 4.92. The molecule has 21 heavy (non-hydrogen) atoms. The molecular weight excluding hydrogens is 266 g/mol. The number of urea groups is 1. The third kappa shape index (κ3) is 5.15. The first-order chi connectivity index (χ1) is 10.2. The summed E-state index contributed by atoms with van der Waals surface area (Å²) in [6.45, 7) is 6.60. The first-order valence-corrected chi connectivity index (χ1v) is 8.60. The summed E-state index contributed by atoms with van der Waals surface area (Å²) in [5, 5.41) is 15.5. The summed E-state index contributed by atoms with van der Waals surface area (Å²) in [5.74, 6) is 0.818. The van der Waals surface area contributed by atoms with Crippen LogP contribution in [0.15, 0.2) is 0 Å². The molecule has 1 heterocycles. The van der Waals surface area contributed by atoms with Crippen molar-refractivity contribution in [2.45, 2.75) is 51.5 Å². The van der Waals surface area contributed by atoms with Crippen LogP contribution in [-0.2, 0) is 0 Å². The number of nitrogens with one attached hydrogen (secondary N) is 2. The van der Waals surface area contributed by atoms with Crippen LogP contribution >= 0.6 is 0 Å². The molecule has 1 aliphatic heterocycles. The van der Waals surface area contributed by atoms with Gasteiger partial charge in [-0.15, -0.1) is 0 Å². The fourth-order valence-electron chi connectivity index (χ4n) is 3.67. The molecule has 3 unspecified atom stereocenters. The molecule has 1 aliphatic carbocycles. The zero-order valence-corrected chi connectivity index (χ0v) is 13.3. The Morgan fingerprint density at radius 3 is 2.86 bits per heavy atom. The van der Waals surface area contributed by atoms with E-state index in [1.165, 1.54) is 25.8 Å². The van der Waals surface area contributed by atoms with Crippen LogP contribution in [-0.4, -0.2) is 54.9 Å². The highest BCUT2D eigenvalue weighted by Crippen LogP contribution is 2.23. The maximum absolute atomic E-state index is 12.0. The van der Waals surface area contributed by atoms with Crippen LogP contribution in [0.1, 0.15) is 45.4 Å².